The number of carbonyl (C=O) groups excluding carboxylic acids is 1. The van der Waals surface area contributed by atoms with Crippen LogP contribution in [0.25, 0.3) is 0 Å². The topological polar surface area (TPSA) is 95.1 Å². The standard InChI is InChI=1S/C16H20N6O2/c1-10-7-18-13(8-17-10)15(24)22-5-4-11(9-22)12-6-14(23)20-16(19-12)21(2)3/h6-8,11H,4-5,9H2,1-3H3,(H,19,20,23)/t11-/m1/s1. The Morgan fingerprint density at radius 2 is 2.12 bits per heavy atom. The quantitative estimate of drug-likeness (QED) is 0.885. The third kappa shape index (κ3) is 3.27. The molecule has 1 fully saturated rings. The first-order chi connectivity index (χ1) is 11.4. The summed E-state index contributed by atoms with van der Waals surface area (Å²) in [6.07, 6.45) is 3.86. The number of aromatic nitrogens is 4. The Bertz CT molecular complexity index is 799. The molecular weight excluding hydrogens is 308 g/mol. The summed E-state index contributed by atoms with van der Waals surface area (Å²) in [4.78, 5) is 43.3. The van der Waals surface area contributed by atoms with Crippen molar-refractivity contribution in [3.05, 3.63) is 45.9 Å². The van der Waals surface area contributed by atoms with Gasteiger partial charge in [0.1, 0.15) is 5.69 Å². The summed E-state index contributed by atoms with van der Waals surface area (Å²) in [6, 6.07) is 1.51. The van der Waals surface area contributed by atoms with Crippen LogP contribution in [-0.2, 0) is 0 Å². The first-order valence-corrected chi connectivity index (χ1v) is 7.80. The van der Waals surface area contributed by atoms with Gasteiger partial charge in [-0.25, -0.2) is 9.97 Å². The van der Waals surface area contributed by atoms with E-state index >= 15 is 0 Å². The second-order valence-electron chi connectivity index (χ2n) is 6.17. The zero-order valence-corrected chi connectivity index (χ0v) is 14.0. The van der Waals surface area contributed by atoms with E-state index in [9.17, 15) is 9.59 Å². The van der Waals surface area contributed by atoms with E-state index in [1.165, 1.54) is 12.3 Å². The SMILES string of the molecule is Cc1cnc(C(=O)N2CC[C@@H](c3cc(=O)[nH]c(N(C)C)n3)C2)cn1. The molecule has 0 radical (unpaired) electrons. The summed E-state index contributed by atoms with van der Waals surface area (Å²) in [5.41, 5.74) is 1.65. The van der Waals surface area contributed by atoms with Crippen LogP contribution in [0.4, 0.5) is 5.95 Å². The third-order valence-corrected chi connectivity index (χ3v) is 4.07. The maximum absolute atomic E-state index is 12.5. The molecule has 1 saturated heterocycles. The van der Waals surface area contributed by atoms with Crippen LogP contribution in [0.3, 0.4) is 0 Å². The lowest BCUT2D eigenvalue weighted by Crippen LogP contribution is -2.29. The lowest BCUT2D eigenvalue weighted by atomic mass is 10.1. The number of hydrogen-bond acceptors (Lipinski definition) is 6. The van der Waals surface area contributed by atoms with E-state index in [-0.39, 0.29) is 17.4 Å². The number of aromatic amines is 1. The fraction of sp³-hybridized carbons (Fsp3) is 0.438. The van der Waals surface area contributed by atoms with Crippen LogP contribution in [0.5, 0.6) is 0 Å². The fourth-order valence-electron chi connectivity index (χ4n) is 2.74. The second-order valence-corrected chi connectivity index (χ2v) is 6.17. The van der Waals surface area contributed by atoms with Gasteiger partial charge in [0.05, 0.1) is 17.6 Å². The first-order valence-electron chi connectivity index (χ1n) is 7.80. The first kappa shape index (κ1) is 16.1. The van der Waals surface area contributed by atoms with Crippen LogP contribution < -0.4 is 10.5 Å². The molecular formula is C16H20N6O2. The highest BCUT2D eigenvalue weighted by Gasteiger charge is 2.30. The Morgan fingerprint density at radius 1 is 1.33 bits per heavy atom. The lowest BCUT2D eigenvalue weighted by Gasteiger charge is -2.17. The van der Waals surface area contributed by atoms with Crippen molar-refractivity contribution in [2.24, 2.45) is 0 Å². The molecule has 0 spiro atoms. The summed E-state index contributed by atoms with van der Waals surface area (Å²) in [6.45, 7) is 2.97. The Labute approximate surface area is 139 Å². The number of nitrogens with one attached hydrogen (secondary N) is 1. The van der Waals surface area contributed by atoms with Gasteiger partial charge in [-0.1, -0.05) is 0 Å². The fourth-order valence-corrected chi connectivity index (χ4v) is 2.74. The van der Waals surface area contributed by atoms with Crippen LogP contribution in [0.15, 0.2) is 23.3 Å². The number of H-pyrrole nitrogens is 1. The molecule has 0 aromatic carbocycles. The average Bonchev–Trinajstić information content (AvgIpc) is 3.04. The highest BCUT2D eigenvalue weighted by molar-refractivity contribution is 5.92. The Balaban J connectivity index is 1.77. The van der Waals surface area contributed by atoms with Crippen LogP contribution >= 0.6 is 0 Å². The predicted octanol–water partition coefficient (Wildman–Crippen LogP) is 0.564. The van der Waals surface area contributed by atoms with Gasteiger partial charge in [-0.15, -0.1) is 0 Å². The zero-order valence-electron chi connectivity index (χ0n) is 14.0. The molecule has 0 bridgehead atoms. The van der Waals surface area contributed by atoms with Crippen molar-refractivity contribution in [3.8, 4) is 0 Å². The van der Waals surface area contributed by atoms with Gasteiger partial charge in [0.25, 0.3) is 11.5 Å². The molecule has 1 aliphatic rings. The maximum atomic E-state index is 12.5. The third-order valence-electron chi connectivity index (χ3n) is 4.07. The summed E-state index contributed by atoms with van der Waals surface area (Å²) >= 11 is 0. The molecule has 24 heavy (non-hydrogen) atoms. The van der Waals surface area contributed by atoms with E-state index in [1.807, 2.05) is 21.0 Å². The van der Waals surface area contributed by atoms with Crippen LogP contribution in [0.2, 0.25) is 0 Å². The second kappa shape index (κ2) is 6.38. The smallest absolute Gasteiger partial charge is 0.274 e. The summed E-state index contributed by atoms with van der Waals surface area (Å²) in [5.74, 6) is 0.433. The molecule has 3 heterocycles. The average molecular weight is 328 g/mol. The van der Waals surface area contributed by atoms with Crippen molar-refractivity contribution >= 4 is 11.9 Å². The minimum Gasteiger partial charge on any atom is -0.348 e. The van der Waals surface area contributed by atoms with Crippen LogP contribution in [-0.4, -0.2) is 57.9 Å². The van der Waals surface area contributed by atoms with Crippen LogP contribution in [0, 0.1) is 6.92 Å². The maximum Gasteiger partial charge on any atom is 0.274 e. The number of nitrogens with zero attached hydrogens (tertiary/aromatic N) is 5. The van der Waals surface area contributed by atoms with E-state index in [0.717, 1.165) is 12.1 Å². The molecule has 2 aromatic heterocycles. The molecule has 0 saturated carbocycles. The van der Waals surface area contributed by atoms with Crippen molar-refractivity contribution in [1.29, 1.82) is 0 Å². The normalized spacial score (nSPS) is 17.1. The van der Waals surface area contributed by atoms with E-state index in [1.54, 1.807) is 16.0 Å². The van der Waals surface area contributed by atoms with Gasteiger partial charge in [-0.2, -0.15) is 0 Å². The van der Waals surface area contributed by atoms with Gasteiger partial charge in [-0.3, -0.25) is 19.6 Å². The minimum atomic E-state index is -0.183. The van der Waals surface area contributed by atoms with Gasteiger partial charge in [-0.05, 0) is 13.3 Å². The molecule has 0 aliphatic carbocycles. The summed E-state index contributed by atoms with van der Waals surface area (Å²) in [5, 5.41) is 0. The van der Waals surface area contributed by atoms with Gasteiger partial charge in [0, 0.05) is 45.4 Å². The minimum absolute atomic E-state index is 0.0494. The molecule has 3 rings (SSSR count). The number of amides is 1. The summed E-state index contributed by atoms with van der Waals surface area (Å²) in [7, 11) is 3.64. The van der Waals surface area contributed by atoms with Crippen molar-refractivity contribution in [2.75, 3.05) is 32.1 Å². The van der Waals surface area contributed by atoms with Crippen molar-refractivity contribution in [1.82, 2.24) is 24.8 Å². The Kier molecular flexibility index (Phi) is 4.28. The van der Waals surface area contributed by atoms with Gasteiger partial charge in [0.15, 0.2) is 0 Å². The monoisotopic (exact) mass is 328 g/mol. The molecule has 2 aromatic rings. The van der Waals surface area contributed by atoms with E-state index < -0.39 is 0 Å². The highest BCUT2D eigenvalue weighted by Crippen LogP contribution is 2.26. The predicted molar refractivity (Wildman–Crippen MR) is 89.2 cm³/mol. The van der Waals surface area contributed by atoms with Gasteiger partial charge >= 0.3 is 0 Å². The largest absolute Gasteiger partial charge is 0.348 e. The van der Waals surface area contributed by atoms with E-state index in [2.05, 4.69) is 19.9 Å². The molecule has 8 heteroatoms. The molecule has 126 valence electrons. The van der Waals surface area contributed by atoms with Crippen molar-refractivity contribution < 1.29 is 4.79 Å². The number of likely N-dealkylation sites (tertiary alicyclic amines) is 1. The Hall–Kier alpha value is -2.77. The number of rotatable bonds is 3. The Morgan fingerprint density at radius 3 is 2.79 bits per heavy atom. The van der Waals surface area contributed by atoms with E-state index in [4.69, 9.17) is 0 Å². The number of anilines is 1. The zero-order chi connectivity index (χ0) is 17.3. The number of aryl methyl sites for hydroxylation is 1. The van der Waals surface area contributed by atoms with E-state index in [0.29, 0.717) is 30.4 Å². The molecule has 1 atom stereocenters. The van der Waals surface area contributed by atoms with Gasteiger partial charge in [0.2, 0.25) is 5.95 Å². The van der Waals surface area contributed by atoms with Gasteiger partial charge < -0.3 is 9.80 Å². The molecule has 1 N–H and O–H groups in total. The number of hydrogen-bond donors (Lipinski definition) is 1. The van der Waals surface area contributed by atoms with Crippen LogP contribution in [0.1, 0.15) is 34.2 Å². The molecule has 1 aliphatic heterocycles. The highest BCUT2D eigenvalue weighted by atomic mass is 16.2. The van der Waals surface area contributed by atoms with Crippen molar-refractivity contribution in [3.63, 3.8) is 0 Å². The number of carbonyl (C=O) groups is 1. The molecule has 1 amide bonds. The molecule has 8 nitrogen and oxygen atoms in total. The summed E-state index contributed by atoms with van der Waals surface area (Å²) < 4.78 is 0. The van der Waals surface area contributed by atoms with Crippen molar-refractivity contribution in [2.45, 2.75) is 19.3 Å². The lowest BCUT2D eigenvalue weighted by molar-refractivity contribution is 0.0784. The molecule has 0 unspecified atom stereocenters.